The number of carbonyl (C=O) groups is 1. The number of nitrogens with zero attached hydrogens (tertiary/aromatic N) is 4. The Morgan fingerprint density at radius 2 is 1.73 bits per heavy atom. The van der Waals surface area contributed by atoms with Crippen molar-refractivity contribution in [2.24, 2.45) is 0 Å². The molecule has 9 heteroatoms. The third-order valence-corrected chi connectivity index (χ3v) is 8.17. The van der Waals surface area contributed by atoms with Gasteiger partial charge in [0, 0.05) is 44.7 Å². The predicted octanol–water partition coefficient (Wildman–Crippen LogP) is 6.76. The number of benzene rings is 3. The van der Waals surface area contributed by atoms with E-state index >= 15 is 0 Å². The molecule has 3 aromatic carbocycles. The second-order valence-corrected chi connectivity index (χ2v) is 16.5. The van der Waals surface area contributed by atoms with Gasteiger partial charge < -0.3 is 14.8 Å². The van der Waals surface area contributed by atoms with Gasteiger partial charge in [0.05, 0.1) is 0 Å². The van der Waals surface area contributed by atoms with Crippen molar-refractivity contribution in [2.45, 2.75) is 39.0 Å². The second kappa shape index (κ2) is 12.2. The molecule has 5 aromatic rings. The first kappa shape index (κ1) is 27.2. The summed E-state index contributed by atoms with van der Waals surface area (Å²) in [5.41, 5.74) is 3.56. The minimum Gasteiger partial charge on any atom is -0.410 e. The topological polar surface area (TPSA) is 91.2 Å². The van der Waals surface area contributed by atoms with Crippen LogP contribution < -0.4 is 10.1 Å². The molecule has 0 spiro atoms. The molecule has 0 atom stereocenters. The molecule has 0 aliphatic carbocycles. The van der Waals surface area contributed by atoms with Gasteiger partial charge in [-0.05, 0) is 52.2 Å². The van der Waals surface area contributed by atoms with Crippen LogP contribution in [0.2, 0.25) is 25.7 Å². The van der Waals surface area contributed by atoms with Crippen molar-refractivity contribution in [2.75, 3.05) is 6.61 Å². The fraction of sp³-hybridized carbons (Fsp3) is 0.226. The number of pyridine rings is 1. The van der Waals surface area contributed by atoms with Crippen LogP contribution in [0.25, 0.3) is 33.3 Å². The number of hydrogen-bond donors (Lipinski definition) is 1. The number of hydrogen-bond acceptors (Lipinski definition) is 6. The third-order valence-electron chi connectivity index (χ3n) is 6.47. The Hall–Kier alpha value is -4.34. The van der Waals surface area contributed by atoms with Crippen molar-refractivity contribution in [3.63, 3.8) is 0 Å². The minimum atomic E-state index is -1.16. The summed E-state index contributed by atoms with van der Waals surface area (Å²) in [4.78, 5) is 17.0. The second-order valence-electron chi connectivity index (χ2n) is 10.9. The fourth-order valence-electron chi connectivity index (χ4n) is 4.24. The number of ether oxygens (including phenoxy) is 2. The van der Waals surface area contributed by atoms with Gasteiger partial charge in [0.2, 0.25) is 0 Å². The van der Waals surface area contributed by atoms with E-state index in [9.17, 15) is 4.79 Å². The molecule has 0 unspecified atom stereocenters. The minimum absolute atomic E-state index is 0.373. The van der Waals surface area contributed by atoms with Crippen LogP contribution in [0.1, 0.15) is 5.56 Å². The van der Waals surface area contributed by atoms with Crippen molar-refractivity contribution < 1.29 is 14.3 Å². The average molecular weight is 552 g/mol. The summed E-state index contributed by atoms with van der Waals surface area (Å²) >= 11 is 0. The first-order valence-corrected chi connectivity index (χ1v) is 17.0. The maximum absolute atomic E-state index is 12.5. The van der Waals surface area contributed by atoms with Crippen LogP contribution in [0, 0.1) is 0 Å². The number of aromatic nitrogens is 4. The molecule has 5 rings (SSSR count). The molecule has 0 saturated carbocycles. The number of amides is 1. The fourth-order valence-corrected chi connectivity index (χ4v) is 5.00. The highest BCUT2D eigenvalue weighted by Gasteiger charge is 2.14. The maximum atomic E-state index is 12.5. The average Bonchev–Trinajstić information content (AvgIpc) is 3.42. The number of fused-ring (bicyclic) bond motifs is 1. The Balaban J connectivity index is 1.22. The van der Waals surface area contributed by atoms with Gasteiger partial charge in [0.1, 0.15) is 18.8 Å². The first-order chi connectivity index (χ1) is 19.3. The van der Waals surface area contributed by atoms with Crippen LogP contribution in [0.4, 0.5) is 4.79 Å². The van der Waals surface area contributed by atoms with E-state index in [4.69, 9.17) is 9.47 Å². The lowest BCUT2D eigenvalue weighted by atomic mass is 10.1. The summed E-state index contributed by atoms with van der Waals surface area (Å²) in [5, 5.41) is 13.5. The molecule has 1 N–H and O–H groups in total. The monoisotopic (exact) mass is 551 g/mol. The van der Waals surface area contributed by atoms with Crippen molar-refractivity contribution >= 4 is 24.9 Å². The van der Waals surface area contributed by atoms with E-state index < -0.39 is 14.2 Å². The summed E-state index contributed by atoms with van der Waals surface area (Å²) < 4.78 is 13.3. The Kier molecular flexibility index (Phi) is 8.33. The summed E-state index contributed by atoms with van der Waals surface area (Å²) in [6.45, 7) is 8.46. The maximum Gasteiger partial charge on any atom is 0.412 e. The molecule has 40 heavy (non-hydrogen) atoms. The van der Waals surface area contributed by atoms with Gasteiger partial charge in [-0.2, -0.15) is 0 Å². The summed E-state index contributed by atoms with van der Waals surface area (Å²) in [5.74, 6) is 1.13. The Bertz CT molecular complexity index is 1610. The lowest BCUT2D eigenvalue weighted by Gasteiger charge is -2.15. The highest BCUT2D eigenvalue weighted by molar-refractivity contribution is 6.76. The zero-order valence-electron chi connectivity index (χ0n) is 23.0. The molecule has 0 fully saturated rings. The number of nitrogens with one attached hydrogen (secondary N) is 1. The molecule has 0 aliphatic rings. The van der Waals surface area contributed by atoms with Gasteiger partial charge in [0.15, 0.2) is 5.82 Å². The van der Waals surface area contributed by atoms with Crippen LogP contribution in [0.3, 0.4) is 0 Å². The Morgan fingerprint density at radius 1 is 0.900 bits per heavy atom. The van der Waals surface area contributed by atoms with E-state index in [0.717, 1.165) is 39.1 Å². The van der Waals surface area contributed by atoms with Crippen molar-refractivity contribution in [3.05, 3.63) is 97.1 Å². The summed E-state index contributed by atoms with van der Waals surface area (Å²) in [7, 11) is -1.16. The van der Waals surface area contributed by atoms with E-state index in [-0.39, 0.29) is 0 Å². The molecule has 8 nitrogen and oxygen atoms in total. The number of rotatable bonds is 10. The molecule has 0 radical (unpaired) electrons. The summed E-state index contributed by atoms with van der Waals surface area (Å²) in [6, 6.07) is 24.7. The normalized spacial score (nSPS) is 11.5. The highest BCUT2D eigenvalue weighted by atomic mass is 28.3. The number of carbonyl (C=O) groups excluding carboxylic acids is 1. The molecule has 204 valence electrons. The largest absolute Gasteiger partial charge is 0.412 e. The first-order valence-electron chi connectivity index (χ1n) is 13.3. The molecule has 0 saturated heterocycles. The van der Waals surface area contributed by atoms with Crippen molar-refractivity contribution in [1.82, 2.24) is 25.1 Å². The predicted molar refractivity (Wildman–Crippen MR) is 160 cm³/mol. The molecule has 2 heterocycles. The van der Waals surface area contributed by atoms with E-state index in [2.05, 4.69) is 58.3 Å². The zero-order chi connectivity index (χ0) is 28.0. The Labute approximate surface area is 235 Å². The van der Waals surface area contributed by atoms with E-state index in [1.165, 1.54) is 0 Å². The quantitative estimate of drug-likeness (QED) is 0.152. The van der Waals surface area contributed by atoms with Gasteiger partial charge >= 0.3 is 6.09 Å². The third kappa shape index (κ3) is 7.19. The van der Waals surface area contributed by atoms with Crippen LogP contribution in [-0.2, 0) is 18.0 Å². The standard InChI is InChI=1S/C31H33N5O3Si/c1-40(2,3)14-13-38-22-36-21-34-35-30(36)28-16-27(19-32-20-28)26-9-6-10-29(17-26)39-31(37)33-18-23-11-12-24-7-4-5-8-25(24)15-23/h4-12,15-17,19-21H,13-14,18,22H2,1-3H3,(H,33,37). The lowest BCUT2D eigenvalue weighted by Crippen LogP contribution is -2.26. The molecule has 1 amide bonds. The molecule has 0 bridgehead atoms. The molecule has 2 aromatic heterocycles. The van der Waals surface area contributed by atoms with Crippen molar-refractivity contribution in [3.8, 4) is 28.3 Å². The smallest absolute Gasteiger partial charge is 0.410 e. The Morgan fingerprint density at radius 3 is 2.58 bits per heavy atom. The van der Waals surface area contributed by atoms with Gasteiger partial charge in [-0.25, -0.2) is 4.79 Å². The van der Waals surface area contributed by atoms with Crippen molar-refractivity contribution in [1.29, 1.82) is 0 Å². The molecular weight excluding hydrogens is 518 g/mol. The van der Waals surface area contributed by atoms with Gasteiger partial charge in [-0.3, -0.25) is 9.55 Å². The van der Waals surface area contributed by atoms with Gasteiger partial charge in [0.25, 0.3) is 0 Å². The van der Waals surface area contributed by atoms with E-state index in [1.54, 1.807) is 24.8 Å². The zero-order valence-corrected chi connectivity index (χ0v) is 24.0. The highest BCUT2D eigenvalue weighted by Crippen LogP contribution is 2.27. The van der Waals surface area contributed by atoms with E-state index in [0.29, 0.717) is 31.5 Å². The van der Waals surface area contributed by atoms with Crippen LogP contribution in [0.15, 0.2) is 91.5 Å². The van der Waals surface area contributed by atoms with E-state index in [1.807, 2.05) is 53.1 Å². The van der Waals surface area contributed by atoms with Gasteiger partial charge in [-0.15, -0.1) is 10.2 Å². The summed E-state index contributed by atoms with van der Waals surface area (Å²) in [6.07, 6.45) is 4.68. The molecule has 0 aliphatic heterocycles. The van der Waals surface area contributed by atoms with Gasteiger partial charge in [-0.1, -0.05) is 68.2 Å². The lowest BCUT2D eigenvalue weighted by molar-refractivity contribution is 0.0880. The van der Waals surface area contributed by atoms with Crippen LogP contribution in [0.5, 0.6) is 5.75 Å². The SMILES string of the molecule is C[Si](C)(C)CCOCn1cnnc1-c1cncc(-c2cccc(OC(=O)NCc3ccc4ccccc4c3)c2)c1. The van der Waals surface area contributed by atoms with Crippen LogP contribution in [-0.4, -0.2) is 40.5 Å². The molecular formula is C31H33N5O3Si. The van der Waals surface area contributed by atoms with Crippen LogP contribution >= 0.6 is 0 Å².